The van der Waals surface area contributed by atoms with Crippen LogP contribution in [0.4, 0.5) is 0 Å². The summed E-state index contributed by atoms with van der Waals surface area (Å²) in [5, 5.41) is 16.6. The summed E-state index contributed by atoms with van der Waals surface area (Å²) in [4.78, 5) is 11.2. The number of likely N-dealkylation sites (N-methyl/N-ethyl adjacent to an activating group) is 1. The van der Waals surface area contributed by atoms with Gasteiger partial charge in [0.1, 0.15) is 5.75 Å². The number of hydrogen-bond acceptors (Lipinski definition) is 4. The molecule has 0 saturated carbocycles. The molecular weight excluding hydrogens is 328 g/mol. The molecule has 0 saturated heterocycles. The first kappa shape index (κ1) is 19.9. The molecule has 0 radical (unpaired) electrons. The minimum Gasteiger partial charge on any atom is -0.484 e. The van der Waals surface area contributed by atoms with Crippen LogP contribution in [0.1, 0.15) is 25.0 Å². The Morgan fingerprint density at radius 3 is 2.42 bits per heavy atom. The highest BCUT2D eigenvalue weighted by Crippen LogP contribution is 2.19. The average Bonchev–Trinajstić information content (AvgIpc) is 2.66. The molecular formula is C21H28N2O3. The molecule has 0 spiro atoms. The highest BCUT2D eigenvalue weighted by Gasteiger charge is 2.23. The van der Waals surface area contributed by atoms with Gasteiger partial charge in [0.25, 0.3) is 5.91 Å². The van der Waals surface area contributed by atoms with E-state index in [0.29, 0.717) is 12.3 Å². The Hall–Kier alpha value is -2.37. The molecule has 3 N–H and O–H groups in total. The zero-order valence-corrected chi connectivity index (χ0v) is 15.7. The molecule has 0 aromatic heterocycles. The third-order valence-electron chi connectivity index (χ3n) is 4.30. The summed E-state index contributed by atoms with van der Waals surface area (Å²) in [6.07, 6.45) is 0.834. The van der Waals surface area contributed by atoms with Gasteiger partial charge in [-0.1, -0.05) is 42.5 Å². The van der Waals surface area contributed by atoms with Crippen molar-refractivity contribution in [2.75, 3.05) is 20.2 Å². The maximum Gasteiger partial charge on any atom is 0.257 e. The van der Waals surface area contributed by atoms with Gasteiger partial charge in [-0.2, -0.15) is 0 Å². The fraction of sp³-hybridized carbons (Fsp3) is 0.381. The van der Waals surface area contributed by atoms with Crippen LogP contribution in [0.2, 0.25) is 0 Å². The number of amides is 1. The molecule has 5 nitrogen and oxygen atoms in total. The zero-order chi connectivity index (χ0) is 19.0. The number of aliphatic hydroxyl groups is 1. The Morgan fingerprint density at radius 2 is 1.81 bits per heavy atom. The number of carbonyl (C=O) groups is 1. The molecule has 2 unspecified atom stereocenters. The first-order valence-electron chi connectivity index (χ1n) is 8.84. The quantitative estimate of drug-likeness (QED) is 0.644. The smallest absolute Gasteiger partial charge is 0.257 e. The van der Waals surface area contributed by atoms with E-state index in [9.17, 15) is 9.90 Å². The normalized spacial score (nSPS) is 14.3. The first-order valence-corrected chi connectivity index (χ1v) is 8.84. The van der Waals surface area contributed by atoms with Crippen molar-refractivity contribution in [2.45, 2.75) is 31.9 Å². The van der Waals surface area contributed by atoms with Gasteiger partial charge in [-0.3, -0.25) is 4.79 Å². The summed E-state index contributed by atoms with van der Waals surface area (Å²) in [6.45, 7) is 4.41. The van der Waals surface area contributed by atoms with E-state index in [0.717, 1.165) is 17.5 Å². The Kier molecular flexibility index (Phi) is 7.18. The van der Waals surface area contributed by atoms with Crippen LogP contribution in [0.3, 0.4) is 0 Å². The second-order valence-corrected chi connectivity index (χ2v) is 6.73. The van der Waals surface area contributed by atoms with E-state index in [1.165, 1.54) is 0 Å². The van der Waals surface area contributed by atoms with Gasteiger partial charge in [0.2, 0.25) is 0 Å². The van der Waals surface area contributed by atoms with Gasteiger partial charge in [0.05, 0.1) is 5.60 Å². The van der Waals surface area contributed by atoms with Crippen LogP contribution in [-0.4, -0.2) is 37.3 Å². The third-order valence-corrected chi connectivity index (χ3v) is 4.30. The van der Waals surface area contributed by atoms with E-state index >= 15 is 0 Å². The molecule has 0 aliphatic heterocycles. The topological polar surface area (TPSA) is 70.6 Å². The third kappa shape index (κ3) is 6.17. The van der Waals surface area contributed by atoms with Crippen LogP contribution in [0, 0.1) is 0 Å². The lowest BCUT2D eigenvalue weighted by atomic mass is 9.95. The van der Waals surface area contributed by atoms with E-state index in [2.05, 4.69) is 17.6 Å². The van der Waals surface area contributed by atoms with Crippen LogP contribution < -0.4 is 15.4 Å². The van der Waals surface area contributed by atoms with Gasteiger partial charge in [0.15, 0.2) is 6.61 Å². The van der Waals surface area contributed by atoms with Gasteiger partial charge in [0, 0.05) is 19.6 Å². The maximum absolute atomic E-state index is 11.2. The molecule has 0 fully saturated rings. The van der Waals surface area contributed by atoms with Crippen molar-refractivity contribution in [3.8, 4) is 5.75 Å². The number of carbonyl (C=O) groups excluding carboxylic acids is 1. The standard InChI is InChI=1S/C21H28N2O3/c1-16(23-15-21(2,25)18-7-5-4-6-8-18)13-17-9-11-19(12-10-17)26-14-20(24)22-3/h4-12,16,23,25H,13-15H2,1-3H3,(H,22,24). The summed E-state index contributed by atoms with van der Waals surface area (Å²) in [5.74, 6) is 0.516. The fourth-order valence-electron chi connectivity index (χ4n) is 2.64. The van der Waals surface area contributed by atoms with Gasteiger partial charge in [-0.15, -0.1) is 0 Å². The van der Waals surface area contributed by atoms with Crippen LogP contribution in [0.25, 0.3) is 0 Å². The summed E-state index contributed by atoms with van der Waals surface area (Å²) in [6, 6.07) is 17.6. The van der Waals surface area contributed by atoms with Crippen molar-refractivity contribution in [2.24, 2.45) is 0 Å². The van der Waals surface area contributed by atoms with Crippen LogP contribution in [-0.2, 0) is 16.8 Å². The number of benzene rings is 2. The Bertz CT molecular complexity index is 684. The molecule has 5 heteroatoms. The molecule has 140 valence electrons. The zero-order valence-electron chi connectivity index (χ0n) is 15.7. The van der Waals surface area contributed by atoms with E-state index in [4.69, 9.17) is 4.74 Å². The van der Waals surface area contributed by atoms with Crippen molar-refractivity contribution in [1.29, 1.82) is 0 Å². The molecule has 1 amide bonds. The first-order chi connectivity index (χ1) is 12.4. The predicted octanol–water partition coefficient (Wildman–Crippen LogP) is 2.24. The van der Waals surface area contributed by atoms with Crippen molar-refractivity contribution in [1.82, 2.24) is 10.6 Å². The minimum absolute atomic E-state index is 0.0162. The lowest BCUT2D eigenvalue weighted by Gasteiger charge is -2.26. The Morgan fingerprint density at radius 1 is 1.15 bits per heavy atom. The second-order valence-electron chi connectivity index (χ2n) is 6.73. The molecule has 0 heterocycles. The molecule has 2 atom stereocenters. The highest BCUT2D eigenvalue weighted by atomic mass is 16.5. The van der Waals surface area contributed by atoms with Gasteiger partial charge in [-0.05, 0) is 43.5 Å². The summed E-state index contributed by atoms with van der Waals surface area (Å²) < 4.78 is 5.40. The molecule has 0 aliphatic rings. The lowest BCUT2D eigenvalue weighted by molar-refractivity contribution is -0.122. The minimum atomic E-state index is -0.910. The lowest BCUT2D eigenvalue weighted by Crippen LogP contribution is -2.40. The van der Waals surface area contributed by atoms with Gasteiger partial charge >= 0.3 is 0 Å². The van der Waals surface area contributed by atoms with Crippen LogP contribution in [0.5, 0.6) is 5.75 Å². The number of ether oxygens (including phenoxy) is 1. The summed E-state index contributed by atoms with van der Waals surface area (Å²) >= 11 is 0. The van der Waals surface area contributed by atoms with Crippen molar-refractivity contribution >= 4 is 5.91 Å². The second kappa shape index (κ2) is 9.36. The number of rotatable bonds is 9. The van der Waals surface area contributed by atoms with Crippen molar-refractivity contribution in [3.05, 3.63) is 65.7 Å². The highest BCUT2D eigenvalue weighted by molar-refractivity contribution is 5.77. The van der Waals surface area contributed by atoms with E-state index in [-0.39, 0.29) is 18.6 Å². The largest absolute Gasteiger partial charge is 0.484 e. The fourth-order valence-corrected chi connectivity index (χ4v) is 2.64. The van der Waals surface area contributed by atoms with Crippen molar-refractivity contribution in [3.63, 3.8) is 0 Å². The number of nitrogens with one attached hydrogen (secondary N) is 2. The molecule has 0 aliphatic carbocycles. The predicted molar refractivity (Wildman–Crippen MR) is 103 cm³/mol. The summed E-state index contributed by atoms with van der Waals surface area (Å²) in [7, 11) is 1.58. The molecule has 2 aromatic rings. The van der Waals surface area contributed by atoms with Crippen molar-refractivity contribution < 1.29 is 14.6 Å². The number of hydrogen-bond donors (Lipinski definition) is 3. The average molecular weight is 356 g/mol. The molecule has 2 rings (SSSR count). The summed E-state index contributed by atoms with van der Waals surface area (Å²) in [5.41, 5.74) is 1.15. The molecule has 2 aromatic carbocycles. The van der Waals surface area contributed by atoms with Crippen LogP contribution in [0.15, 0.2) is 54.6 Å². The van der Waals surface area contributed by atoms with Crippen LogP contribution >= 0.6 is 0 Å². The monoisotopic (exact) mass is 356 g/mol. The van der Waals surface area contributed by atoms with Gasteiger partial charge < -0.3 is 20.5 Å². The molecule has 26 heavy (non-hydrogen) atoms. The van der Waals surface area contributed by atoms with Gasteiger partial charge in [-0.25, -0.2) is 0 Å². The SMILES string of the molecule is CNC(=O)COc1ccc(CC(C)NCC(C)(O)c2ccccc2)cc1. The Labute approximate surface area is 155 Å². The van der Waals surface area contributed by atoms with E-state index in [1.807, 2.05) is 61.5 Å². The maximum atomic E-state index is 11.2. The van der Waals surface area contributed by atoms with E-state index in [1.54, 1.807) is 7.05 Å². The van der Waals surface area contributed by atoms with E-state index < -0.39 is 5.60 Å². The Balaban J connectivity index is 1.82. The molecule has 0 bridgehead atoms.